The number of rotatable bonds is 4. The average Bonchev–Trinajstić information content (AvgIpc) is 2.96. The van der Waals surface area contributed by atoms with Crippen LogP contribution in [-0.4, -0.2) is 13.0 Å². The van der Waals surface area contributed by atoms with Gasteiger partial charge in [-0.2, -0.15) is 5.26 Å². The first-order chi connectivity index (χ1) is 9.67. The van der Waals surface area contributed by atoms with Gasteiger partial charge in [0.05, 0.1) is 29.3 Å². The van der Waals surface area contributed by atoms with Crippen molar-refractivity contribution in [3.05, 3.63) is 45.6 Å². The van der Waals surface area contributed by atoms with Gasteiger partial charge >= 0.3 is 0 Å². The lowest BCUT2D eigenvalue weighted by molar-refractivity contribution is 0.103. The van der Waals surface area contributed by atoms with Crippen LogP contribution in [0.5, 0.6) is 5.75 Å². The molecule has 0 saturated heterocycles. The number of nitrogens with zero attached hydrogens (tertiary/aromatic N) is 1. The number of carbonyl (C=O) groups is 1. The van der Waals surface area contributed by atoms with E-state index in [1.54, 1.807) is 18.2 Å². The highest BCUT2D eigenvalue weighted by atomic mass is 32.1. The Kier molecular flexibility index (Phi) is 4.38. The molecule has 1 aromatic heterocycles. The Labute approximate surface area is 121 Å². The molecule has 0 fully saturated rings. The number of nitriles is 1. The molecule has 1 aromatic carbocycles. The molecule has 1 heterocycles. The van der Waals surface area contributed by atoms with Gasteiger partial charge in [0, 0.05) is 10.9 Å². The zero-order valence-corrected chi connectivity index (χ0v) is 12.1. The molecule has 0 aliphatic carbocycles. The van der Waals surface area contributed by atoms with Gasteiger partial charge in [0.1, 0.15) is 5.75 Å². The number of thiophene rings is 1. The first-order valence-corrected chi connectivity index (χ1v) is 6.97. The molecule has 2 rings (SSSR count). The molecule has 0 atom stereocenters. The summed E-state index contributed by atoms with van der Waals surface area (Å²) in [6, 6.07) is 10.7. The first kappa shape index (κ1) is 14.1. The molecule has 0 radical (unpaired) electrons. The lowest BCUT2D eigenvalue weighted by Crippen LogP contribution is -2.11. The Bertz CT molecular complexity index is 671. The van der Waals surface area contributed by atoms with Crippen molar-refractivity contribution < 1.29 is 9.53 Å². The van der Waals surface area contributed by atoms with Gasteiger partial charge < -0.3 is 10.1 Å². The second kappa shape index (κ2) is 6.22. The lowest BCUT2D eigenvalue weighted by atomic mass is 10.2. The van der Waals surface area contributed by atoms with Gasteiger partial charge in [0.2, 0.25) is 0 Å². The Morgan fingerprint density at radius 3 is 2.80 bits per heavy atom. The fourth-order valence-corrected chi connectivity index (χ4v) is 2.58. The number of benzene rings is 1. The van der Waals surface area contributed by atoms with Crippen LogP contribution in [0.4, 0.5) is 5.69 Å². The first-order valence-electron chi connectivity index (χ1n) is 6.16. The smallest absolute Gasteiger partial charge is 0.265 e. The number of anilines is 1. The van der Waals surface area contributed by atoms with Crippen LogP contribution in [0.25, 0.3) is 0 Å². The largest absolute Gasteiger partial charge is 0.495 e. The fraction of sp³-hybridized carbons (Fsp3) is 0.200. The van der Waals surface area contributed by atoms with E-state index in [2.05, 4.69) is 12.2 Å². The maximum absolute atomic E-state index is 12.1. The number of hydrogen-bond acceptors (Lipinski definition) is 4. The summed E-state index contributed by atoms with van der Waals surface area (Å²) in [4.78, 5) is 14.0. The molecule has 0 aliphatic heterocycles. The van der Waals surface area contributed by atoms with Crippen molar-refractivity contribution in [3.63, 3.8) is 0 Å². The highest BCUT2D eigenvalue weighted by molar-refractivity contribution is 7.14. The summed E-state index contributed by atoms with van der Waals surface area (Å²) in [6.07, 6.45) is 0.915. The van der Waals surface area contributed by atoms with Crippen molar-refractivity contribution in [2.24, 2.45) is 0 Å². The number of aryl methyl sites for hydroxylation is 1. The van der Waals surface area contributed by atoms with E-state index >= 15 is 0 Å². The van der Waals surface area contributed by atoms with Crippen LogP contribution in [0.3, 0.4) is 0 Å². The minimum Gasteiger partial charge on any atom is -0.495 e. The molecule has 5 heteroatoms. The van der Waals surface area contributed by atoms with Crippen LogP contribution in [0.1, 0.15) is 27.0 Å². The van der Waals surface area contributed by atoms with E-state index in [1.807, 2.05) is 18.2 Å². The topological polar surface area (TPSA) is 62.1 Å². The summed E-state index contributed by atoms with van der Waals surface area (Å²) in [7, 11) is 1.51. The Hall–Kier alpha value is -2.32. The van der Waals surface area contributed by atoms with E-state index in [1.165, 1.54) is 23.3 Å². The van der Waals surface area contributed by atoms with Crippen LogP contribution >= 0.6 is 11.3 Å². The highest BCUT2D eigenvalue weighted by Crippen LogP contribution is 2.27. The van der Waals surface area contributed by atoms with Gasteiger partial charge in [-0.05, 0) is 30.7 Å². The zero-order chi connectivity index (χ0) is 14.5. The number of hydrogen-bond donors (Lipinski definition) is 1. The molecule has 20 heavy (non-hydrogen) atoms. The summed E-state index contributed by atoms with van der Waals surface area (Å²) >= 11 is 1.48. The summed E-state index contributed by atoms with van der Waals surface area (Å²) in [5.41, 5.74) is 1.05. The van der Waals surface area contributed by atoms with Gasteiger partial charge in [0.15, 0.2) is 0 Å². The predicted octanol–water partition coefficient (Wildman–Crippen LogP) is 3.44. The molecule has 0 bridgehead atoms. The van der Waals surface area contributed by atoms with Crippen LogP contribution < -0.4 is 10.1 Å². The second-order valence-electron chi connectivity index (χ2n) is 4.10. The number of methoxy groups -OCH3 is 1. The number of carbonyl (C=O) groups excluding carboxylic acids is 1. The number of amides is 1. The van der Waals surface area contributed by atoms with Gasteiger partial charge in [0.25, 0.3) is 5.91 Å². The minimum absolute atomic E-state index is 0.169. The molecule has 2 aromatic rings. The van der Waals surface area contributed by atoms with E-state index in [-0.39, 0.29) is 5.91 Å². The lowest BCUT2D eigenvalue weighted by Gasteiger charge is -2.09. The van der Waals surface area contributed by atoms with Gasteiger partial charge in [-0.1, -0.05) is 6.92 Å². The second-order valence-corrected chi connectivity index (χ2v) is 5.27. The van der Waals surface area contributed by atoms with Crippen molar-refractivity contribution in [3.8, 4) is 11.8 Å². The quantitative estimate of drug-likeness (QED) is 0.936. The average molecular weight is 286 g/mol. The maximum atomic E-state index is 12.1. The standard InChI is InChI=1S/C15H14N2O2S/c1-3-11-5-7-14(20-11)15(18)17-12-6-4-10(9-16)8-13(12)19-2/h4-8H,3H2,1-2H3,(H,17,18). The third-order valence-corrected chi connectivity index (χ3v) is 4.04. The maximum Gasteiger partial charge on any atom is 0.265 e. The molecule has 1 N–H and O–H groups in total. The van der Waals surface area contributed by atoms with E-state index in [0.29, 0.717) is 21.9 Å². The Morgan fingerprint density at radius 1 is 1.40 bits per heavy atom. The third-order valence-electron chi connectivity index (χ3n) is 2.81. The van der Waals surface area contributed by atoms with Crippen LogP contribution in [0, 0.1) is 11.3 Å². The summed E-state index contributed by atoms with van der Waals surface area (Å²) in [5.74, 6) is 0.308. The third kappa shape index (κ3) is 2.98. The zero-order valence-electron chi connectivity index (χ0n) is 11.3. The number of nitrogens with one attached hydrogen (secondary N) is 1. The summed E-state index contributed by atoms with van der Waals surface area (Å²) in [5, 5.41) is 11.7. The molecule has 0 saturated carbocycles. The molecule has 4 nitrogen and oxygen atoms in total. The monoisotopic (exact) mass is 286 g/mol. The van der Waals surface area contributed by atoms with Gasteiger partial charge in [-0.3, -0.25) is 4.79 Å². The molecular formula is C15H14N2O2S. The predicted molar refractivity (Wildman–Crippen MR) is 79.4 cm³/mol. The summed E-state index contributed by atoms with van der Waals surface area (Å²) < 4.78 is 5.19. The van der Waals surface area contributed by atoms with Crippen molar-refractivity contribution in [2.45, 2.75) is 13.3 Å². The van der Waals surface area contributed by atoms with Crippen LogP contribution in [0.15, 0.2) is 30.3 Å². The molecule has 102 valence electrons. The minimum atomic E-state index is -0.169. The summed E-state index contributed by atoms with van der Waals surface area (Å²) in [6.45, 7) is 2.05. The van der Waals surface area contributed by atoms with Crippen LogP contribution in [-0.2, 0) is 6.42 Å². The van der Waals surface area contributed by atoms with E-state index in [0.717, 1.165) is 6.42 Å². The Balaban J connectivity index is 2.21. The van der Waals surface area contributed by atoms with Gasteiger partial charge in [-0.15, -0.1) is 11.3 Å². The fourth-order valence-electron chi connectivity index (χ4n) is 1.74. The van der Waals surface area contributed by atoms with Crippen LogP contribution in [0.2, 0.25) is 0 Å². The Morgan fingerprint density at radius 2 is 2.20 bits per heavy atom. The van der Waals surface area contributed by atoms with Crippen molar-refractivity contribution >= 4 is 22.9 Å². The molecule has 1 amide bonds. The molecule has 0 spiro atoms. The molecule has 0 aliphatic rings. The number of ether oxygens (including phenoxy) is 1. The van der Waals surface area contributed by atoms with Gasteiger partial charge in [-0.25, -0.2) is 0 Å². The van der Waals surface area contributed by atoms with E-state index in [4.69, 9.17) is 10.00 Å². The van der Waals surface area contributed by atoms with E-state index in [9.17, 15) is 4.79 Å². The molecular weight excluding hydrogens is 272 g/mol. The van der Waals surface area contributed by atoms with Crippen molar-refractivity contribution in [1.82, 2.24) is 0 Å². The van der Waals surface area contributed by atoms with Crippen molar-refractivity contribution in [1.29, 1.82) is 5.26 Å². The SMILES string of the molecule is CCc1ccc(C(=O)Nc2ccc(C#N)cc2OC)s1. The highest BCUT2D eigenvalue weighted by Gasteiger charge is 2.12. The van der Waals surface area contributed by atoms with Crippen molar-refractivity contribution in [2.75, 3.05) is 12.4 Å². The normalized spacial score (nSPS) is 9.85. The van der Waals surface area contributed by atoms with E-state index < -0.39 is 0 Å². The molecule has 0 unspecified atom stereocenters.